The molecular weight excluding hydrogens is 220 g/mol. The maximum absolute atomic E-state index is 11.3. The van der Waals surface area contributed by atoms with Crippen molar-refractivity contribution in [2.24, 2.45) is 5.73 Å². The molecule has 1 unspecified atom stereocenters. The van der Waals surface area contributed by atoms with Gasteiger partial charge in [0, 0.05) is 13.7 Å². The smallest absolute Gasteiger partial charge is 0.238 e. The van der Waals surface area contributed by atoms with Gasteiger partial charge in [-0.15, -0.1) is 0 Å². The molecule has 0 aliphatic carbocycles. The lowest BCUT2D eigenvalue weighted by Crippen LogP contribution is -2.57. The van der Waals surface area contributed by atoms with E-state index in [9.17, 15) is 13.2 Å². The van der Waals surface area contributed by atoms with Crippen LogP contribution in [0.4, 0.5) is 0 Å². The number of hydrogen-bond donors (Lipinski definition) is 2. The molecule has 0 saturated carbocycles. The van der Waals surface area contributed by atoms with E-state index in [1.165, 1.54) is 7.11 Å². The third-order valence-corrected chi connectivity index (χ3v) is 4.31. The molecule has 1 rings (SSSR count). The number of nitrogens with one attached hydrogen (secondary N) is 1. The normalized spacial score (nSPS) is 29.1. The molecule has 7 heteroatoms. The Bertz CT molecular complexity index is 341. The molecule has 1 saturated heterocycles. The maximum atomic E-state index is 11.3. The van der Waals surface area contributed by atoms with Gasteiger partial charge in [0.1, 0.15) is 5.54 Å². The van der Waals surface area contributed by atoms with E-state index in [0.29, 0.717) is 13.2 Å². The van der Waals surface area contributed by atoms with Crippen molar-refractivity contribution in [1.82, 2.24) is 5.32 Å². The minimum Gasteiger partial charge on any atom is -0.383 e. The Kier molecular flexibility index (Phi) is 3.69. The van der Waals surface area contributed by atoms with Crippen molar-refractivity contribution < 1.29 is 17.9 Å². The summed E-state index contributed by atoms with van der Waals surface area (Å²) in [6, 6.07) is 0. The van der Waals surface area contributed by atoms with Crippen molar-refractivity contribution in [1.29, 1.82) is 0 Å². The third-order valence-electron chi connectivity index (χ3n) is 2.55. The van der Waals surface area contributed by atoms with E-state index in [2.05, 4.69) is 5.32 Å². The van der Waals surface area contributed by atoms with Crippen LogP contribution in [0.1, 0.15) is 6.42 Å². The Balaban J connectivity index is 2.70. The van der Waals surface area contributed by atoms with Gasteiger partial charge in [-0.1, -0.05) is 0 Å². The van der Waals surface area contributed by atoms with Gasteiger partial charge in [-0.05, 0) is 6.42 Å². The highest BCUT2D eigenvalue weighted by atomic mass is 32.2. The lowest BCUT2D eigenvalue weighted by molar-refractivity contribution is -0.123. The van der Waals surface area contributed by atoms with E-state index in [-0.39, 0.29) is 17.9 Å². The third kappa shape index (κ3) is 2.90. The SMILES string of the molecule is COCCNC1(C(N)=O)CCS(=O)(=O)C1. The number of hydrogen-bond acceptors (Lipinski definition) is 5. The highest BCUT2D eigenvalue weighted by Crippen LogP contribution is 2.22. The fourth-order valence-corrected chi connectivity index (χ4v) is 3.61. The second-order valence-electron chi connectivity index (χ2n) is 3.71. The van der Waals surface area contributed by atoms with E-state index in [1.54, 1.807) is 0 Å². The van der Waals surface area contributed by atoms with Crippen LogP contribution in [-0.2, 0) is 19.4 Å². The van der Waals surface area contributed by atoms with Crippen LogP contribution in [0.5, 0.6) is 0 Å². The summed E-state index contributed by atoms with van der Waals surface area (Å²) in [7, 11) is -1.61. The summed E-state index contributed by atoms with van der Waals surface area (Å²) in [5, 5.41) is 2.87. The zero-order valence-corrected chi connectivity index (χ0v) is 9.47. The van der Waals surface area contributed by atoms with Crippen molar-refractivity contribution in [2.75, 3.05) is 31.8 Å². The minimum atomic E-state index is -3.14. The number of sulfone groups is 1. The van der Waals surface area contributed by atoms with Gasteiger partial charge in [-0.25, -0.2) is 8.42 Å². The molecule has 0 aromatic rings. The van der Waals surface area contributed by atoms with E-state index in [4.69, 9.17) is 10.5 Å². The second-order valence-corrected chi connectivity index (χ2v) is 5.89. The molecule has 6 nitrogen and oxygen atoms in total. The summed E-state index contributed by atoms with van der Waals surface area (Å²) in [5.41, 5.74) is 4.13. The minimum absolute atomic E-state index is 0.00984. The van der Waals surface area contributed by atoms with Gasteiger partial charge in [0.15, 0.2) is 9.84 Å². The number of carbonyl (C=O) groups is 1. The number of carbonyl (C=O) groups excluding carboxylic acids is 1. The molecule has 88 valence electrons. The molecule has 0 aromatic heterocycles. The van der Waals surface area contributed by atoms with Crippen molar-refractivity contribution in [3.8, 4) is 0 Å². The zero-order valence-electron chi connectivity index (χ0n) is 8.65. The average molecular weight is 236 g/mol. The molecule has 1 atom stereocenters. The highest BCUT2D eigenvalue weighted by molar-refractivity contribution is 7.91. The number of rotatable bonds is 5. The van der Waals surface area contributed by atoms with Crippen LogP contribution in [-0.4, -0.2) is 51.6 Å². The molecule has 15 heavy (non-hydrogen) atoms. The number of nitrogens with two attached hydrogens (primary N) is 1. The van der Waals surface area contributed by atoms with Gasteiger partial charge >= 0.3 is 0 Å². The first-order valence-electron chi connectivity index (χ1n) is 4.66. The van der Waals surface area contributed by atoms with Crippen molar-refractivity contribution in [2.45, 2.75) is 12.0 Å². The van der Waals surface area contributed by atoms with E-state index < -0.39 is 21.3 Å². The molecule has 0 radical (unpaired) electrons. The summed E-state index contributed by atoms with van der Waals surface area (Å²) in [6.45, 7) is 0.823. The number of ether oxygens (including phenoxy) is 1. The van der Waals surface area contributed by atoms with Crippen LogP contribution in [0, 0.1) is 0 Å². The summed E-state index contributed by atoms with van der Waals surface area (Å²) >= 11 is 0. The molecule has 0 spiro atoms. The monoisotopic (exact) mass is 236 g/mol. The van der Waals surface area contributed by atoms with Gasteiger partial charge < -0.3 is 15.8 Å². The lowest BCUT2D eigenvalue weighted by Gasteiger charge is -2.25. The number of primary amides is 1. The molecule has 1 aliphatic rings. The van der Waals surface area contributed by atoms with Crippen LogP contribution in [0.3, 0.4) is 0 Å². The van der Waals surface area contributed by atoms with Crippen LogP contribution in [0.25, 0.3) is 0 Å². The zero-order chi connectivity index (χ0) is 11.5. The average Bonchev–Trinajstić information content (AvgIpc) is 2.44. The molecule has 1 fully saturated rings. The van der Waals surface area contributed by atoms with Crippen molar-refractivity contribution in [3.63, 3.8) is 0 Å². The Labute approximate surface area is 89.1 Å². The summed E-state index contributed by atoms with van der Waals surface area (Å²) in [5.74, 6) is -0.811. The molecule has 0 aromatic carbocycles. The van der Waals surface area contributed by atoms with Gasteiger partial charge in [0.05, 0.1) is 18.1 Å². The Morgan fingerprint density at radius 3 is 2.67 bits per heavy atom. The van der Waals surface area contributed by atoms with Crippen LogP contribution < -0.4 is 11.1 Å². The summed E-state index contributed by atoms with van der Waals surface area (Å²) < 4.78 is 27.4. The first-order valence-corrected chi connectivity index (χ1v) is 6.48. The molecule has 3 N–H and O–H groups in total. The fourth-order valence-electron chi connectivity index (χ4n) is 1.66. The molecule has 1 amide bonds. The first kappa shape index (κ1) is 12.4. The molecule has 1 heterocycles. The number of amides is 1. The second kappa shape index (κ2) is 4.46. The fraction of sp³-hybridized carbons (Fsp3) is 0.875. The largest absolute Gasteiger partial charge is 0.383 e. The van der Waals surface area contributed by atoms with Gasteiger partial charge in [-0.2, -0.15) is 0 Å². The standard InChI is InChI=1S/C8H16N2O4S/c1-14-4-3-10-8(7(9)11)2-5-15(12,13)6-8/h10H,2-6H2,1H3,(H2,9,11). The van der Waals surface area contributed by atoms with E-state index >= 15 is 0 Å². The lowest BCUT2D eigenvalue weighted by atomic mass is 9.98. The summed E-state index contributed by atoms with van der Waals surface area (Å²) in [4.78, 5) is 11.3. The Morgan fingerprint density at radius 1 is 1.60 bits per heavy atom. The first-order chi connectivity index (χ1) is 6.92. The van der Waals surface area contributed by atoms with Gasteiger partial charge in [0.2, 0.25) is 5.91 Å². The molecular formula is C8H16N2O4S. The predicted molar refractivity (Wildman–Crippen MR) is 55.1 cm³/mol. The predicted octanol–water partition coefficient (Wildman–Crippen LogP) is -1.73. The summed E-state index contributed by atoms with van der Waals surface area (Å²) in [6.07, 6.45) is 0.244. The molecule has 1 aliphatic heterocycles. The highest BCUT2D eigenvalue weighted by Gasteiger charge is 2.46. The molecule has 0 bridgehead atoms. The van der Waals surface area contributed by atoms with Gasteiger partial charge in [-0.3, -0.25) is 4.79 Å². The quantitative estimate of drug-likeness (QED) is 0.552. The number of methoxy groups -OCH3 is 1. The van der Waals surface area contributed by atoms with E-state index in [1.807, 2.05) is 0 Å². The maximum Gasteiger partial charge on any atom is 0.238 e. The van der Waals surface area contributed by atoms with Gasteiger partial charge in [0.25, 0.3) is 0 Å². The Morgan fingerprint density at radius 2 is 2.27 bits per heavy atom. The van der Waals surface area contributed by atoms with Crippen LogP contribution >= 0.6 is 0 Å². The topological polar surface area (TPSA) is 98.5 Å². The van der Waals surface area contributed by atoms with Crippen molar-refractivity contribution >= 4 is 15.7 Å². The van der Waals surface area contributed by atoms with Crippen LogP contribution in [0.2, 0.25) is 0 Å². The van der Waals surface area contributed by atoms with Crippen LogP contribution in [0.15, 0.2) is 0 Å². The Hall–Kier alpha value is -0.660. The van der Waals surface area contributed by atoms with Crippen molar-refractivity contribution in [3.05, 3.63) is 0 Å². The van der Waals surface area contributed by atoms with E-state index in [0.717, 1.165) is 0 Å².